The lowest BCUT2D eigenvalue weighted by atomic mass is 10.1. The summed E-state index contributed by atoms with van der Waals surface area (Å²) in [5, 5.41) is 0. The van der Waals surface area contributed by atoms with Crippen molar-refractivity contribution in [3.63, 3.8) is 0 Å². The van der Waals surface area contributed by atoms with Crippen LogP contribution >= 0.6 is 24.0 Å². The maximum atomic E-state index is 5.90. The lowest BCUT2D eigenvalue weighted by molar-refractivity contribution is 0.337. The molecule has 90 valence electrons. The highest BCUT2D eigenvalue weighted by atomic mass is 127. The van der Waals surface area contributed by atoms with Crippen molar-refractivity contribution in [3.8, 4) is 0 Å². The summed E-state index contributed by atoms with van der Waals surface area (Å²) < 4.78 is 5.19. The summed E-state index contributed by atoms with van der Waals surface area (Å²) in [4.78, 5) is 6.46. The van der Waals surface area contributed by atoms with Gasteiger partial charge >= 0.3 is 0 Å². The van der Waals surface area contributed by atoms with E-state index in [4.69, 9.17) is 10.2 Å². The topological polar surface area (TPSA) is 54.8 Å². The zero-order valence-corrected chi connectivity index (χ0v) is 11.6. The Bertz CT molecular complexity index is 318. The molecular formula is C11H18IN3O. The van der Waals surface area contributed by atoms with Crippen LogP contribution in [-0.2, 0) is 6.54 Å². The molecule has 0 bridgehead atoms. The van der Waals surface area contributed by atoms with E-state index in [2.05, 4.69) is 9.89 Å². The first kappa shape index (κ1) is 13.3. The maximum Gasteiger partial charge on any atom is 0.191 e. The largest absolute Gasteiger partial charge is 0.467 e. The molecule has 0 atom stereocenters. The number of guanidine groups is 1. The minimum Gasteiger partial charge on any atom is -0.467 e. The van der Waals surface area contributed by atoms with Crippen LogP contribution in [0.4, 0.5) is 0 Å². The van der Waals surface area contributed by atoms with Crippen molar-refractivity contribution in [3.05, 3.63) is 24.2 Å². The molecule has 0 amide bonds. The molecule has 1 saturated heterocycles. The number of piperidine rings is 1. The molecule has 1 aromatic rings. The molecule has 4 nitrogen and oxygen atoms in total. The second-order valence-corrected chi connectivity index (χ2v) is 3.80. The smallest absolute Gasteiger partial charge is 0.191 e. The summed E-state index contributed by atoms with van der Waals surface area (Å²) in [7, 11) is 0. The molecule has 0 aromatic carbocycles. The van der Waals surface area contributed by atoms with E-state index in [-0.39, 0.29) is 24.0 Å². The van der Waals surface area contributed by atoms with Gasteiger partial charge in [-0.2, -0.15) is 0 Å². The number of rotatable bonds is 2. The Kier molecular flexibility index (Phi) is 5.65. The van der Waals surface area contributed by atoms with Gasteiger partial charge in [-0.3, -0.25) is 0 Å². The van der Waals surface area contributed by atoms with E-state index in [9.17, 15) is 0 Å². The first-order valence-corrected chi connectivity index (χ1v) is 5.43. The number of hydrogen-bond donors (Lipinski definition) is 1. The van der Waals surface area contributed by atoms with E-state index in [1.165, 1.54) is 19.3 Å². The fraction of sp³-hybridized carbons (Fsp3) is 0.545. The molecule has 2 heterocycles. The lowest BCUT2D eigenvalue weighted by Crippen LogP contribution is -2.40. The van der Waals surface area contributed by atoms with Crippen molar-refractivity contribution in [2.75, 3.05) is 13.1 Å². The number of nitrogens with two attached hydrogens (primary N) is 1. The van der Waals surface area contributed by atoms with Gasteiger partial charge in [0.25, 0.3) is 0 Å². The minimum atomic E-state index is 0. The van der Waals surface area contributed by atoms with Crippen molar-refractivity contribution in [2.45, 2.75) is 25.8 Å². The number of hydrogen-bond acceptors (Lipinski definition) is 2. The standard InChI is InChI=1S/C11H17N3O.HI/c12-11(14-6-2-1-3-7-14)13-9-10-5-4-8-15-10;/h4-5,8H,1-3,6-7,9H2,(H2,12,13);1H. The van der Waals surface area contributed by atoms with Crippen molar-refractivity contribution in [1.29, 1.82) is 0 Å². The van der Waals surface area contributed by atoms with Crippen LogP contribution in [0.15, 0.2) is 27.8 Å². The normalized spacial score (nSPS) is 17.0. The maximum absolute atomic E-state index is 5.90. The van der Waals surface area contributed by atoms with Crippen LogP contribution in [0.5, 0.6) is 0 Å². The van der Waals surface area contributed by atoms with Gasteiger partial charge in [-0.05, 0) is 31.4 Å². The summed E-state index contributed by atoms with van der Waals surface area (Å²) in [6, 6.07) is 3.77. The summed E-state index contributed by atoms with van der Waals surface area (Å²) >= 11 is 0. The first-order valence-electron chi connectivity index (χ1n) is 5.43. The third-order valence-corrected chi connectivity index (χ3v) is 2.66. The van der Waals surface area contributed by atoms with Gasteiger partial charge in [0.15, 0.2) is 5.96 Å². The minimum absolute atomic E-state index is 0. The van der Waals surface area contributed by atoms with Gasteiger partial charge < -0.3 is 15.1 Å². The van der Waals surface area contributed by atoms with Crippen LogP contribution in [0.1, 0.15) is 25.0 Å². The van der Waals surface area contributed by atoms with Crippen LogP contribution in [0, 0.1) is 0 Å². The zero-order valence-electron chi connectivity index (χ0n) is 9.26. The quantitative estimate of drug-likeness (QED) is 0.512. The van der Waals surface area contributed by atoms with Gasteiger partial charge in [0.05, 0.1) is 6.26 Å². The zero-order chi connectivity index (χ0) is 10.5. The molecule has 0 saturated carbocycles. The highest BCUT2D eigenvalue weighted by molar-refractivity contribution is 14.0. The Labute approximate surface area is 113 Å². The number of likely N-dealkylation sites (tertiary alicyclic amines) is 1. The van der Waals surface area contributed by atoms with Gasteiger partial charge in [-0.25, -0.2) is 4.99 Å². The van der Waals surface area contributed by atoms with Crippen LogP contribution < -0.4 is 5.73 Å². The van der Waals surface area contributed by atoms with Crippen LogP contribution in [-0.4, -0.2) is 23.9 Å². The Balaban J connectivity index is 0.00000128. The van der Waals surface area contributed by atoms with E-state index in [1.54, 1.807) is 6.26 Å². The Morgan fingerprint density at radius 1 is 1.38 bits per heavy atom. The summed E-state index contributed by atoms with van der Waals surface area (Å²) in [6.45, 7) is 2.61. The molecule has 0 spiro atoms. The molecule has 5 heteroatoms. The van der Waals surface area contributed by atoms with Crippen LogP contribution in [0.25, 0.3) is 0 Å². The fourth-order valence-corrected chi connectivity index (χ4v) is 1.78. The van der Waals surface area contributed by atoms with Crippen molar-refractivity contribution in [1.82, 2.24) is 4.90 Å². The van der Waals surface area contributed by atoms with Gasteiger partial charge in [-0.1, -0.05) is 0 Å². The predicted molar refractivity (Wildman–Crippen MR) is 74.9 cm³/mol. The fourth-order valence-electron chi connectivity index (χ4n) is 1.78. The Morgan fingerprint density at radius 2 is 2.12 bits per heavy atom. The lowest BCUT2D eigenvalue weighted by Gasteiger charge is -2.27. The van der Waals surface area contributed by atoms with E-state index >= 15 is 0 Å². The predicted octanol–water partition coefficient (Wildman–Crippen LogP) is 2.20. The summed E-state index contributed by atoms with van der Waals surface area (Å²) in [5.74, 6) is 1.50. The summed E-state index contributed by atoms with van der Waals surface area (Å²) in [6.07, 6.45) is 5.40. The number of halogens is 1. The second-order valence-electron chi connectivity index (χ2n) is 3.80. The molecule has 0 aliphatic carbocycles. The third kappa shape index (κ3) is 3.70. The number of aliphatic imine (C=N–C) groups is 1. The third-order valence-electron chi connectivity index (χ3n) is 2.66. The average molecular weight is 335 g/mol. The molecule has 1 fully saturated rings. The van der Waals surface area contributed by atoms with Gasteiger partial charge in [0, 0.05) is 13.1 Å². The summed E-state index contributed by atoms with van der Waals surface area (Å²) in [5.41, 5.74) is 5.90. The van der Waals surface area contributed by atoms with Crippen molar-refractivity contribution in [2.24, 2.45) is 10.7 Å². The van der Waals surface area contributed by atoms with Gasteiger partial charge in [0.2, 0.25) is 0 Å². The Hall–Kier alpha value is -0.720. The van der Waals surface area contributed by atoms with Gasteiger partial charge in [-0.15, -0.1) is 24.0 Å². The molecule has 2 rings (SSSR count). The monoisotopic (exact) mass is 335 g/mol. The van der Waals surface area contributed by atoms with E-state index in [0.717, 1.165) is 18.8 Å². The average Bonchev–Trinajstić information content (AvgIpc) is 2.80. The first-order chi connectivity index (χ1) is 7.36. The SMILES string of the molecule is I.NC(=NCc1ccco1)N1CCCCC1. The molecule has 1 aliphatic rings. The van der Waals surface area contributed by atoms with Gasteiger partial charge in [0.1, 0.15) is 12.3 Å². The molecule has 0 unspecified atom stereocenters. The molecule has 0 radical (unpaired) electrons. The Morgan fingerprint density at radius 3 is 2.75 bits per heavy atom. The highest BCUT2D eigenvalue weighted by Crippen LogP contribution is 2.08. The van der Waals surface area contributed by atoms with Crippen molar-refractivity contribution < 1.29 is 4.42 Å². The molecule has 16 heavy (non-hydrogen) atoms. The van der Waals surface area contributed by atoms with E-state index in [1.807, 2.05) is 12.1 Å². The molecular weight excluding hydrogens is 317 g/mol. The molecule has 1 aromatic heterocycles. The van der Waals surface area contributed by atoms with E-state index < -0.39 is 0 Å². The molecule has 1 aliphatic heterocycles. The molecule has 2 N–H and O–H groups in total. The second kappa shape index (κ2) is 6.78. The van der Waals surface area contributed by atoms with Crippen molar-refractivity contribution >= 4 is 29.9 Å². The van der Waals surface area contributed by atoms with Crippen LogP contribution in [0.3, 0.4) is 0 Å². The van der Waals surface area contributed by atoms with Crippen LogP contribution in [0.2, 0.25) is 0 Å². The highest BCUT2D eigenvalue weighted by Gasteiger charge is 2.11. The van der Waals surface area contributed by atoms with E-state index in [0.29, 0.717) is 12.5 Å². The number of nitrogens with zero attached hydrogens (tertiary/aromatic N) is 2. The number of furan rings is 1.